The van der Waals surface area contributed by atoms with Crippen molar-refractivity contribution in [2.75, 3.05) is 33.7 Å². The lowest BCUT2D eigenvalue weighted by molar-refractivity contribution is -0.136. The molecule has 1 saturated heterocycles. The maximum absolute atomic E-state index is 12.3. The molecule has 1 aliphatic heterocycles. The highest BCUT2D eigenvalue weighted by molar-refractivity contribution is 5.81. The molecule has 2 rings (SSSR count). The van der Waals surface area contributed by atoms with Crippen LogP contribution in [0, 0.1) is 0 Å². The van der Waals surface area contributed by atoms with E-state index >= 15 is 0 Å². The summed E-state index contributed by atoms with van der Waals surface area (Å²) in [6.07, 6.45) is 0. The monoisotopic (exact) mass is 277 g/mol. The van der Waals surface area contributed by atoms with Crippen molar-refractivity contribution in [2.45, 2.75) is 19.0 Å². The fraction of sp³-hybridized carbons (Fsp3) is 0.533. The number of nitrogens with one attached hydrogen (secondary N) is 1. The van der Waals surface area contributed by atoms with Crippen LogP contribution in [0.3, 0.4) is 0 Å². The maximum atomic E-state index is 12.3. The molecule has 2 N–H and O–H groups in total. The molecule has 20 heavy (non-hydrogen) atoms. The van der Waals surface area contributed by atoms with Gasteiger partial charge in [0.1, 0.15) is 11.8 Å². The second kappa shape index (κ2) is 6.24. The van der Waals surface area contributed by atoms with Gasteiger partial charge in [-0.2, -0.15) is 0 Å². The molecule has 1 heterocycles. The minimum Gasteiger partial charge on any atom is -0.508 e. The van der Waals surface area contributed by atoms with Crippen LogP contribution < -0.4 is 5.32 Å². The fourth-order valence-corrected chi connectivity index (χ4v) is 2.66. The first-order valence-corrected chi connectivity index (χ1v) is 6.97. The summed E-state index contributed by atoms with van der Waals surface area (Å²) in [4.78, 5) is 16.2. The zero-order valence-electron chi connectivity index (χ0n) is 12.3. The number of phenolic OH excluding ortho intramolecular Hbond substituents is 1. The zero-order chi connectivity index (χ0) is 14.7. The van der Waals surface area contributed by atoms with Gasteiger partial charge in [-0.1, -0.05) is 12.1 Å². The number of aromatic hydroxyl groups is 1. The zero-order valence-corrected chi connectivity index (χ0v) is 12.3. The molecule has 1 amide bonds. The lowest BCUT2D eigenvalue weighted by atomic mass is 10.0. The molecule has 1 aromatic rings. The Morgan fingerprint density at radius 2 is 2.05 bits per heavy atom. The summed E-state index contributed by atoms with van der Waals surface area (Å²) in [5.74, 6) is 0.394. The average molecular weight is 277 g/mol. The van der Waals surface area contributed by atoms with Gasteiger partial charge in [0, 0.05) is 39.8 Å². The first-order chi connectivity index (χ1) is 9.50. The maximum Gasteiger partial charge on any atom is 0.240 e. The Morgan fingerprint density at radius 3 is 2.65 bits per heavy atom. The van der Waals surface area contributed by atoms with E-state index in [2.05, 4.69) is 17.1 Å². The number of amides is 1. The van der Waals surface area contributed by atoms with Crippen LogP contribution in [0.1, 0.15) is 18.5 Å². The van der Waals surface area contributed by atoms with Crippen molar-refractivity contribution in [3.8, 4) is 5.75 Å². The van der Waals surface area contributed by atoms with Crippen LogP contribution in [0.5, 0.6) is 5.75 Å². The van der Waals surface area contributed by atoms with Gasteiger partial charge in [-0.05, 0) is 24.6 Å². The summed E-state index contributed by atoms with van der Waals surface area (Å²) in [5.41, 5.74) is 1.11. The number of rotatable bonds is 3. The second-order valence-corrected chi connectivity index (χ2v) is 5.46. The highest BCUT2D eigenvalue weighted by Crippen LogP contribution is 2.25. The number of nitrogens with zero attached hydrogens (tertiary/aromatic N) is 2. The molecule has 0 saturated carbocycles. The van der Waals surface area contributed by atoms with E-state index in [4.69, 9.17) is 0 Å². The molecule has 110 valence electrons. The third-order valence-electron chi connectivity index (χ3n) is 3.88. The van der Waals surface area contributed by atoms with E-state index in [9.17, 15) is 9.90 Å². The number of hydrogen-bond acceptors (Lipinski definition) is 4. The van der Waals surface area contributed by atoms with Gasteiger partial charge in [-0.15, -0.1) is 0 Å². The van der Waals surface area contributed by atoms with Gasteiger partial charge in [0.2, 0.25) is 5.91 Å². The molecule has 0 aromatic heterocycles. The number of piperazine rings is 1. The van der Waals surface area contributed by atoms with Crippen molar-refractivity contribution in [2.24, 2.45) is 0 Å². The number of carbonyl (C=O) groups is 1. The Balaban J connectivity index is 2.18. The third-order valence-corrected chi connectivity index (χ3v) is 3.88. The highest BCUT2D eigenvalue weighted by Gasteiger charge is 2.33. The molecular formula is C15H23N3O2. The summed E-state index contributed by atoms with van der Waals surface area (Å²) >= 11 is 0. The number of hydrogen-bond donors (Lipinski definition) is 2. The van der Waals surface area contributed by atoms with Crippen molar-refractivity contribution in [3.05, 3.63) is 29.8 Å². The van der Waals surface area contributed by atoms with Crippen LogP contribution in [-0.2, 0) is 4.79 Å². The van der Waals surface area contributed by atoms with Crippen molar-refractivity contribution in [1.29, 1.82) is 0 Å². The van der Waals surface area contributed by atoms with Gasteiger partial charge in [0.15, 0.2) is 0 Å². The van der Waals surface area contributed by atoms with E-state index < -0.39 is 0 Å². The standard InChI is InChI=1S/C15H23N3O2/c1-11(12-4-6-13(19)7-5-12)18-9-8-16-10-14(18)15(20)17(2)3/h4-7,11,14,16,19H,8-10H2,1-3H3. The largest absolute Gasteiger partial charge is 0.508 e. The van der Waals surface area contributed by atoms with Crippen molar-refractivity contribution < 1.29 is 9.90 Å². The van der Waals surface area contributed by atoms with Crippen LogP contribution in [0.15, 0.2) is 24.3 Å². The summed E-state index contributed by atoms with van der Waals surface area (Å²) in [7, 11) is 3.58. The Kier molecular flexibility index (Phi) is 4.62. The average Bonchev–Trinajstić information content (AvgIpc) is 2.46. The van der Waals surface area contributed by atoms with Crippen molar-refractivity contribution in [3.63, 3.8) is 0 Å². The number of carbonyl (C=O) groups excluding carboxylic acids is 1. The smallest absolute Gasteiger partial charge is 0.240 e. The molecule has 1 aliphatic rings. The number of phenols is 1. The minimum atomic E-state index is -0.137. The molecule has 0 radical (unpaired) electrons. The molecular weight excluding hydrogens is 254 g/mol. The predicted octanol–water partition coefficient (Wildman–Crippen LogP) is 0.815. The molecule has 0 aliphatic carbocycles. The normalized spacial score (nSPS) is 21.4. The van der Waals surface area contributed by atoms with Crippen LogP contribution in [0.2, 0.25) is 0 Å². The number of benzene rings is 1. The van der Waals surface area contributed by atoms with E-state index in [1.54, 1.807) is 31.1 Å². The molecule has 5 heteroatoms. The lowest BCUT2D eigenvalue weighted by Crippen LogP contribution is -2.58. The van der Waals surface area contributed by atoms with Crippen molar-refractivity contribution in [1.82, 2.24) is 15.1 Å². The summed E-state index contributed by atoms with van der Waals surface area (Å²) in [6, 6.07) is 7.22. The molecule has 0 spiro atoms. The van der Waals surface area contributed by atoms with E-state index in [1.165, 1.54) is 0 Å². The van der Waals surface area contributed by atoms with Crippen LogP contribution in [-0.4, -0.2) is 60.6 Å². The van der Waals surface area contributed by atoms with Crippen LogP contribution in [0.4, 0.5) is 0 Å². The Morgan fingerprint density at radius 1 is 1.40 bits per heavy atom. The summed E-state index contributed by atoms with van der Waals surface area (Å²) < 4.78 is 0. The molecule has 1 aromatic carbocycles. The topological polar surface area (TPSA) is 55.8 Å². The Labute approximate surface area is 120 Å². The SMILES string of the molecule is CC(c1ccc(O)cc1)N1CCNCC1C(=O)N(C)C. The molecule has 2 unspecified atom stereocenters. The minimum absolute atomic E-state index is 0.128. The van der Waals surface area contributed by atoms with Gasteiger partial charge in [-0.25, -0.2) is 0 Å². The van der Waals surface area contributed by atoms with Gasteiger partial charge in [0.05, 0.1) is 0 Å². The first kappa shape index (κ1) is 14.8. The van der Waals surface area contributed by atoms with Gasteiger partial charge < -0.3 is 15.3 Å². The van der Waals surface area contributed by atoms with Crippen LogP contribution >= 0.6 is 0 Å². The quantitative estimate of drug-likeness (QED) is 0.859. The van der Waals surface area contributed by atoms with E-state index in [0.717, 1.165) is 18.7 Å². The second-order valence-electron chi connectivity index (χ2n) is 5.46. The molecule has 5 nitrogen and oxygen atoms in total. The van der Waals surface area contributed by atoms with Crippen molar-refractivity contribution >= 4 is 5.91 Å². The van der Waals surface area contributed by atoms with Crippen LogP contribution in [0.25, 0.3) is 0 Å². The predicted molar refractivity (Wildman–Crippen MR) is 78.6 cm³/mol. The fourth-order valence-electron chi connectivity index (χ4n) is 2.66. The molecule has 1 fully saturated rings. The third kappa shape index (κ3) is 3.11. The van der Waals surface area contributed by atoms with Gasteiger partial charge in [-0.3, -0.25) is 9.69 Å². The van der Waals surface area contributed by atoms with E-state index in [1.807, 2.05) is 12.1 Å². The number of likely N-dealkylation sites (N-methyl/N-ethyl adjacent to an activating group) is 1. The first-order valence-electron chi connectivity index (χ1n) is 6.97. The Bertz CT molecular complexity index is 459. The van der Waals surface area contributed by atoms with Gasteiger partial charge in [0.25, 0.3) is 0 Å². The van der Waals surface area contributed by atoms with Gasteiger partial charge >= 0.3 is 0 Å². The lowest BCUT2D eigenvalue weighted by Gasteiger charge is -2.40. The Hall–Kier alpha value is -1.59. The summed E-state index contributed by atoms with van der Waals surface area (Å²) in [5, 5.41) is 12.7. The summed E-state index contributed by atoms with van der Waals surface area (Å²) in [6.45, 7) is 4.51. The molecule has 2 atom stereocenters. The van der Waals surface area contributed by atoms with E-state index in [0.29, 0.717) is 6.54 Å². The highest BCUT2D eigenvalue weighted by atomic mass is 16.3. The van der Waals surface area contributed by atoms with E-state index in [-0.39, 0.29) is 23.7 Å². The molecule has 0 bridgehead atoms.